The zero-order valence-corrected chi connectivity index (χ0v) is 21.5. The summed E-state index contributed by atoms with van der Waals surface area (Å²) in [6.45, 7) is 8.23. The molecular weight excluding hydrogens is 463 g/mol. The molecule has 174 valence electrons. The van der Waals surface area contributed by atoms with E-state index in [-0.39, 0.29) is 30.2 Å². The lowest BCUT2D eigenvalue weighted by molar-refractivity contribution is -0.139. The average Bonchev–Trinajstić information content (AvgIpc) is 2.76. The molecule has 0 spiro atoms. The van der Waals surface area contributed by atoms with Crippen LogP contribution in [0.25, 0.3) is 0 Å². The van der Waals surface area contributed by atoms with Crippen molar-refractivity contribution in [3.8, 4) is 0 Å². The molecule has 7 heteroatoms. The third-order valence-electron chi connectivity index (χ3n) is 5.49. The van der Waals surface area contributed by atoms with Gasteiger partial charge < -0.3 is 10.2 Å². The number of aryl methyl sites for hydroxylation is 1. The second-order valence-corrected chi connectivity index (χ2v) is 9.75. The monoisotopic (exact) mass is 494 g/mol. The zero-order valence-electron chi connectivity index (χ0n) is 19.2. The van der Waals surface area contributed by atoms with E-state index in [0.717, 1.165) is 17.7 Å². The topological polar surface area (TPSA) is 49.4 Å². The highest BCUT2D eigenvalue weighted by atomic mass is 35.5. The molecule has 0 aliphatic carbocycles. The van der Waals surface area contributed by atoms with Crippen LogP contribution in [0.2, 0.25) is 10.0 Å². The number of nitrogens with one attached hydrogen (secondary N) is 1. The Hall–Kier alpha value is -1.69. The van der Waals surface area contributed by atoms with Gasteiger partial charge in [-0.3, -0.25) is 9.59 Å². The van der Waals surface area contributed by atoms with Gasteiger partial charge in [-0.25, -0.2) is 0 Å². The summed E-state index contributed by atoms with van der Waals surface area (Å²) in [5.74, 6) is 0.807. The SMILES string of the molecule is CC[C@H](C)NC(=O)[C@H](CC)N(Cc1ccc(Cl)cc1Cl)C(=O)CSCc1ccccc1C. The van der Waals surface area contributed by atoms with Crippen molar-refractivity contribution in [2.24, 2.45) is 0 Å². The first-order valence-corrected chi connectivity index (χ1v) is 12.8. The van der Waals surface area contributed by atoms with Crippen LogP contribution in [0.3, 0.4) is 0 Å². The van der Waals surface area contributed by atoms with Crippen molar-refractivity contribution in [2.45, 2.75) is 64.9 Å². The minimum Gasteiger partial charge on any atom is -0.352 e. The molecule has 0 radical (unpaired) electrons. The first kappa shape index (κ1) is 26.6. The molecule has 4 nitrogen and oxygen atoms in total. The Labute approximate surface area is 206 Å². The predicted molar refractivity (Wildman–Crippen MR) is 136 cm³/mol. The maximum Gasteiger partial charge on any atom is 0.243 e. The van der Waals surface area contributed by atoms with E-state index in [9.17, 15) is 9.59 Å². The highest BCUT2D eigenvalue weighted by molar-refractivity contribution is 7.99. The van der Waals surface area contributed by atoms with E-state index in [0.29, 0.717) is 16.5 Å². The predicted octanol–water partition coefficient (Wildman–Crippen LogP) is 6.26. The van der Waals surface area contributed by atoms with Crippen LogP contribution in [0.4, 0.5) is 0 Å². The van der Waals surface area contributed by atoms with Crippen molar-refractivity contribution in [3.63, 3.8) is 0 Å². The van der Waals surface area contributed by atoms with Crippen LogP contribution in [-0.4, -0.2) is 34.6 Å². The van der Waals surface area contributed by atoms with Crippen LogP contribution in [0.1, 0.15) is 50.3 Å². The number of amides is 2. The smallest absolute Gasteiger partial charge is 0.243 e. The molecule has 0 saturated heterocycles. The van der Waals surface area contributed by atoms with Crippen LogP contribution in [-0.2, 0) is 21.9 Å². The number of carbonyl (C=O) groups is 2. The quantitative estimate of drug-likeness (QED) is 0.401. The van der Waals surface area contributed by atoms with Gasteiger partial charge in [-0.1, -0.05) is 67.4 Å². The van der Waals surface area contributed by atoms with Crippen LogP contribution < -0.4 is 5.32 Å². The Kier molecular flexibility index (Phi) is 10.9. The molecule has 0 saturated carbocycles. The summed E-state index contributed by atoms with van der Waals surface area (Å²) in [7, 11) is 0. The number of carbonyl (C=O) groups excluding carboxylic acids is 2. The minimum absolute atomic E-state index is 0.0445. The van der Waals surface area contributed by atoms with Crippen LogP contribution >= 0.6 is 35.0 Å². The van der Waals surface area contributed by atoms with Gasteiger partial charge in [0, 0.05) is 28.4 Å². The summed E-state index contributed by atoms with van der Waals surface area (Å²) in [6, 6.07) is 12.9. The van der Waals surface area contributed by atoms with Crippen molar-refractivity contribution in [1.82, 2.24) is 10.2 Å². The summed E-state index contributed by atoms with van der Waals surface area (Å²) < 4.78 is 0. The van der Waals surface area contributed by atoms with Gasteiger partial charge in [-0.05, 0) is 55.5 Å². The summed E-state index contributed by atoms with van der Waals surface area (Å²) in [5, 5.41) is 4.04. The third kappa shape index (κ3) is 7.72. The maximum atomic E-state index is 13.3. The molecule has 2 aromatic rings. The Balaban J connectivity index is 2.20. The Morgan fingerprint density at radius 1 is 1.06 bits per heavy atom. The van der Waals surface area contributed by atoms with E-state index in [1.807, 2.05) is 39.0 Å². The number of hydrogen-bond donors (Lipinski definition) is 1. The number of halogens is 2. The number of rotatable bonds is 11. The van der Waals surface area contributed by atoms with Gasteiger partial charge in [0.05, 0.1) is 5.75 Å². The molecule has 2 amide bonds. The van der Waals surface area contributed by atoms with E-state index < -0.39 is 6.04 Å². The molecule has 0 aromatic heterocycles. The number of hydrogen-bond acceptors (Lipinski definition) is 3. The minimum atomic E-state index is -0.567. The van der Waals surface area contributed by atoms with Crippen LogP contribution in [0.5, 0.6) is 0 Å². The molecule has 2 aromatic carbocycles. The molecule has 1 N–H and O–H groups in total. The highest BCUT2D eigenvalue weighted by Crippen LogP contribution is 2.25. The number of nitrogens with zero attached hydrogens (tertiary/aromatic N) is 1. The molecule has 0 aliphatic heterocycles. The van der Waals surface area contributed by atoms with E-state index in [2.05, 4.69) is 24.4 Å². The Morgan fingerprint density at radius 2 is 1.78 bits per heavy atom. The highest BCUT2D eigenvalue weighted by Gasteiger charge is 2.29. The van der Waals surface area contributed by atoms with Crippen molar-refractivity contribution in [1.29, 1.82) is 0 Å². The first-order valence-electron chi connectivity index (χ1n) is 10.9. The average molecular weight is 496 g/mol. The van der Waals surface area contributed by atoms with Gasteiger partial charge in [0.1, 0.15) is 6.04 Å². The standard InChI is InChI=1S/C25H32Cl2N2O2S/c1-5-18(4)28-25(31)23(6-2)29(14-19-11-12-21(26)13-22(19)27)24(30)16-32-15-20-10-8-7-9-17(20)3/h7-13,18,23H,5-6,14-16H2,1-4H3,(H,28,31)/t18-,23-/m0/s1. The molecule has 0 fully saturated rings. The lowest BCUT2D eigenvalue weighted by Gasteiger charge is -2.31. The Bertz CT molecular complexity index is 923. The molecule has 0 heterocycles. The summed E-state index contributed by atoms with van der Waals surface area (Å²) >= 11 is 14.0. The maximum absolute atomic E-state index is 13.3. The van der Waals surface area contributed by atoms with E-state index in [1.54, 1.807) is 28.8 Å². The number of benzene rings is 2. The Morgan fingerprint density at radius 3 is 2.41 bits per heavy atom. The van der Waals surface area contributed by atoms with Gasteiger partial charge in [-0.15, -0.1) is 11.8 Å². The van der Waals surface area contributed by atoms with Crippen molar-refractivity contribution >= 4 is 46.8 Å². The fourth-order valence-corrected chi connectivity index (χ4v) is 4.75. The second-order valence-electron chi connectivity index (χ2n) is 7.92. The van der Waals surface area contributed by atoms with Gasteiger partial charge in [0.25, 0.3) is 0 Å². The lowest BCUT2D eigenvalue weighted by Crippen LogP contribution is -2.51. The molecule has 0 unspecified atom stereocenters. The fraction of sp³-hybridized carbons (Fsp3) is 0.440. The molecule has 0 bridgehead atoms. The summed E-state index contributed by atoms with van der Waals surface area (Å²) in [4.78, 5) is 28.0. The summed E-state index contributed by atoms with van der Waals surface area (Å²) in [5.41, 5.74) is 3.18. The van der Waals surface area contributed by atoms with Crippen molar-refractivity contribution in [3.05, 3.63) is 69.2 Å². The number of thioether (sulfide) groups is 1. The molecule has 0 aliphatic rings. The van der Waals surface area contributed by atoms with E-state index in [1.165, 1.54) is 11.1 Å². The van der Waals surface area contributed by atoms with Crippen LogP contribution in [0, 0.1) is 6.92 Å². The van der Waals surface area contributed by atoms with E-state index >= 15 is 0 Å². The molecule has 2 rings (SSSR count). The second kappa shape index (κ2) is 13.1. The van der Waals surface area contributed by atoms with E-state index in [4.69, 9.17) is 23.2 Å². The van der Waals surface area contributed by atoms with Crippen molar-refractivity contribution < 1.29 is 9.59 Å². The zero-order chi connectivity index (χ0) is 23.7. The normalized spacial score (nSPS) is 12.8. The molecule has 2 atom stereocenters. The van der Waals surface area contributed by atoms with Gasteiger partial charge in [0.15, 0.2) is 0 Å². The van der Waals surface area contributed by atoms with Gasteiger partial charge >= 0.3 is 0 Å². The lowest BCUT2D eigenvalue weighted by atomic mass is 10.1. The first-order chi connectivity index (χ1) is 15.3. The van der Waals surface area contributed by atoms with Crippen LogP contribution in [0.15, 0.2) is 42.5 Å². The molecular formula is C25H32Cl2N2O2S. The summed E-state index contributed by atoms with van der Waals surface area (Å²) in [6.07, 6.45) is 1.34. The fourth-order valence-electron chi connectivity index (χ4n) is 3.30. The molecule has 32 heavy (non-hydrogen) atoms. The van der Waals surface area contributed by atoms with Crippen molar-refractivity contribution in [2.75, 3.05) is 5.75 Å². The van der Waals surface area contributed by atoms with Gasteiger partial charge in [0.2, 0.25) is 11.8 Å². The van der Waals surface area contributed by atoms with Gasteiger partial charge in [-0.2, -0.15) is 0 Å². The largest absolute Gasteiger partial charge is 0.352 e. The third-order valence-corrected chi connectivity index (χ3v) is 7.04.